The zero-order chi connectivity index (χ0) is 17.4. The predicted molar refractivity (Wildman–Crippen MR) is 99.7 cm³/mol. The summed E-state index contributed by atoms with van der Waals surface area (Å²) in [6.07, 6.45) is 1.51. The molecule has 25 heavy (non-hydrogen) atoms. The van der Waals surface area contributed by atoms with Crippen molar-refractivity contribution in [3.8, 4) is 0 Å². The number of carbonyl (C=O) groups is 2. The molecular weight excluding hydrogens is 354 g/mol. The molecule has 2 aromatic heterocycles. The van der Waals surface area contributed by atoms with Crippen LogP contribution in [-0.2, 0) is 11.8 Å². The van der Waals surface area contributed by atoms with Crippen molar-refractivity contribution in [3.63, 3.8) is 0 Å². The molecule has 1 saturated heterocycles. The fourth-order valence-electron chi connectivity index (χ4n) is 3.17. The molecule has 4 rings (SSSR count). The van der Waals surface area contributed by atoms with E-state index in [1.54, 1.807) is 11.0 Å². The topological polar surface area (TPSA) is 54.7 Å². The van der Waals surface area contributed by atoms with Gasteiger partial charge in [0.1, 0.15) is 6.04 Å². The molecular formula is C18H17N3O2S2. The van der Waals surface area contributed by atoms with Crippen molar-refractivity contribution in [3.05, 3.63) is 51.5 Å². The van der Waals surface area contributed by atoms with Crippen LogP contribution in [0.5, 0.6) is 0 Å². The van der Waals surface area contributed by atoms with Crippen LogP contribution in [0.15, 0.2) is 46.8 Å². The number of nitrogens with zero attached hydrogens (tertiary/aromatic N) is 3. The number of amides is 2. The number of rotatable bonds is 2. The van der Waals surface area contributed by atoms with Crippen LogP contribution in [0.1, 0.15) is 22.5 Å². The number of hydrogen-bond donors (Lipinski definition) is 0. The standard InChI is InChI=1S/C18H17N3O2S2/c1-20-12-6-2-3-8-14(12)25-18(20)19-16(22)13-7-4-10-21(13)17(23)15-9-5-11-24-15/h2-3,5-6,8-9,11,13H,4,7,10H2,1H3. The SMILES string of the molecule is Cn1c(=NC(=O)C2CCCN2C(=O)c2cccs2)sc2ccccc21. The Morgan fingerprint density at radius 1 is 1.20 bits per heavy atom. The summed E-state index contributed by atoms with van der Waals surface area (Å²) in [4.78, 5) is 32.7. The van der Waals surface area contributed by atoms with Crippen molar-refractivity contribution in [2.75, 3.05) is 6.54 Å². The lowest BCUT2D eigenvalue weighted by Crippen LogP contribution is -2.40. The van der Waals surface area contributed by atoms with Gasteiger partial charge in [-0.05, 0) is 36.4 Å². The lowest BCUT2D eigenvalue weighted by molar-refractivity contribution is -0.121. The van der Waals surface area contributed by atoms with E-state index >= 15 is 0 Å². The molecule has 7 heteroatoms. The van der Waals surface area contributed by atoms with Crippen molar-refractivity contribution < 1.29 is 9.59 Å². The van der Waals surface area contributed by atoms with Crippen molar-refractivity contribution >= 4 is 44.7 Å². The Kier molecular flexibility index (Phi) is 4.27. The van der Waals surface area contributed by atoms with E-state index in [1.807, 2.05) is 47.3 Å². The van der Waals surface area contributed by atoms with Gasteiger partial charge in [0.25, 0.3) is 11.8 Å². The molecule has 0 aliphatic carbocycles. The highest BCUT2D eigenvalue weighted by molar-refractivity contribution is 7.16. The van der Waals surface area contributed by atoms with Crippen LogP contribution in [0.25, 0.3) is 10.2 Å². The molecule has 1 atom stereocenters. The number of carbonyl (C=O) groups excluding carboxylic acids is 2. The maximum Gasteiger partial charge on any atom is 0.271 e. The van der Waals surface area contributed by atoms with Crippen LogP contribution in [0.4, 0.5) is 0 Å². The highest BCUT2D eigenvalue weighted by Crippen LogP contribution is 2.23. The molecule has 0 spiro atoms. The number of likely N-dealkylation sites (tertiary alicyclic amines) is 1. The number of thiophene rings is 1. The number of para-hydroxylation sites is 1. The second-order valence-corrected chi connectivity index (χ2v) is 7.95. The summed E-state index contributed by atoms with van der Waals surface area (Å²) in [5.74, 6) is -0.300. The van der Waals surface area contributed by atoms with Crippen LogP contribution < -0.4 is 4.80 Å². The molecule has 0 radical (unpaired) electrons. The summed E-state index contributed by atoms with van der Waals surface area (Å²) in [6.45, 7) is 0.612. The molecule has 1 aromatic carbocycles. The Labute approximate surface area is 152 Å². The van der Waals surface area contributed by atoms with Gasteiger partial charge in [-0.2, -0.15) is 4.99 Å². The summed E-state index contributed by atoms with van der Waals surface area (Å²) < 4.78 is 3.02. The maximum absolute atomic E-state index is 12.8. The van der Waals surface area contributed by atoms with Crippen LogP contribution in [0, 0.1) is 0 Å². The molecule has 1 aliphatic rings. The van der Waals surface area contributed by atoms with Gasteiger partial charge in [-0.15, -0.1) is 11.3 Å². The van der Waals surface area contributed by atoms with E-state index in [9.17, 15) is 9.59 Å². The van der Waals surface area contributed by atoms with E-state index in [4.69, 9.17) is 0 Å². The van der Waals surface area contributed by atoms with Gasteiger partial charge in [0.15, 0.2) is 4.80 Å². The molecule has 3 heterocycles. The van der Waals surface area contributed by atoms with Crippen molar-refractivity contribution in [1.82, 2.24) is 9.47 Å². The summed E-state index contributed by atoms with van der Waals surface area (Å²) >= 11 is 2.90. The van der Waals surface area contributed by atoms with Gasteiger partial charge in [0.05, 0.1) is 15.1 Å². The summed E-state index contributed by atoms with van der Waals surface area (Å²) in [5, 5.41) is 1.88. The van der Waals surface area contributed by atoms with E-state index in [2.05, 4.69) is 4.99 Å². The number of fused-ring (bicyclic) bond motifs is 1. The molecule has 0 N–H and O–H groups in total. The van der Waals surface area contributed by atoms with Crippen molar-refractivity contribution in [2.45, 2.75) is 18.9 Å². The smallest absolute Gasteiger partial charge is 0.271 e. The monoisotopic (exact) mass is 371 g/mol. The third-order valence-electron chi connectivity index (χ3n) is 4.45. The summed E-state index contributed by atoms with van der Waals surface area (Å²) in [5.41, 5.74) is 1.05. The van der Waals surface area contributed by atoms with Crippen molar-refractivity contribution in [1.29, 1.82) is 0 Å². The molecule has 5 nitrogen and oxygen atoms in total. The van der Waals surface area contributed by atoms with Crippen LogP contribution >= 0.6 is 22.7 Å². The molecule has 1 aliphatic heterocycles. The quantitative estimate of drug-likeness (QED) is 0.695. The average molecular weight is 371 g/mol. The highest BCUT2D eigenvalue weighted by atomic mass is 32.1. The van der Waals surface area contributed by atoms with E-state index in [0.717, 1.165) is 16.6 Å². The first-order valence-electron chi connectivity index (χ1n) is 8.13. The van der Waals surface area contributed by atoms with E-state index < -0.39 is 6.04 Å². The van der Waals surface area contributed by atoms with Crippen molar-refractivity contribution in [2.24, 2.45) is 12.0 Å². The molecule has 2 amide bonds. The molecule has 0 bridgehead atoms. The fraction of sp³-hybridized carbons (Fsp3) is 0.278. The van der Waals surface area contributed by atoms with Gasteiger partial charge in [0, 0.05) is 13.6 Å². The average Bonchev–Trinajstić information content (AvgIpc) is 3.35. The van der Waals surface area contributed by atoms with Gasteiger partial charge in [0.2, 0.25) is 0 Å². The predicted octanol–water partition coefficient (Wildman–Crippen LogP) is 3.03. The number of benzene rings is 1. The molecule has 1 fully saturated rings. The minimum atomic E-state index is -0.459. The van der Waals surface area contributed by atoms with E-state index in [1.165, 1.54) is 22.7 Å². The first-order chi connectivity index (χ1) is 12.1. The van der Waals surface area contributed by atoms with Gasteiger partial charge in [-0.25, -0.2) is 0 Å². The Morgan fingerprint density at radius 2 is 2.04 bits per heavy atom. The van der Waals surface area contributed by atoms with E-state index in [-0.39, 0.29) is 11.8 Å². The van der Waals surface area contributed by atoms with Gasteiger partial charge >= 0.3 is 0 Å². The zero-order valence-electron chi connectivity index (χ0n) is 13.7. The lowest BCUT2D eigenvalue weighted by atomic mass is 10.2. The Bertz CT molecular complexity index is 1000. The molecule has 128 valence electrons. The highest BCUT2D eigenvalue weighted by Gasteiger charge is 2.34. The summed E-state index contributed by atoms with van der Waals surface area (Å²) in [7, 11) is 1.91. The van der Waals surface area contributed by atoms with E-state index in [0.29, 0.717) is 22.6 Å². The lowest BCUT2D eigenvalue weighted by Gasteiger charge is -2.21. The zero-order valence-corrected chi connectivity index (χ0v) is 15.3. The fourth-order valence-corrected chi connectivity index (χ4v) is 4.87. The Morgan fingerprint density at radius 3 is 2.80 bits per heavy atom. The molecule has 1 unspecified atom stereocenters. The number of aryl methyl sites for hydroxylation is 1. The molecule has 0 saturated carbocycles. The second-order valence-electron chi connectivity index (χ2n) is 6.00. The largest absolute Gasteiger partial charge is 0.326 e. The maximum atomic E-state index is 12.8. The minimum absolute atomic E-state index is 0.0678. The number of thiazole rings is 1. The van der Waals surface area contributed by atoms with Gasteiger partial charge in [-0.3, -0.25) is 9.59 Å². The minimum Gasteiger partial charge on any atom is -0.326 e. The summed E-state index contributed by atoms with van der Waals surface area (Å²) in [6, 6.07) is 11.2. The Hall–Kier alpha value is -2.25. The number of aromatic nitrogens is 1. The third-order valence-corrected chi connectivity index (χ3v) is 6.42. The first-order valence-corrected chi connectivity index (χ1v) is 9.82. The molecule has 3 aromatic rings. The number of hydrogen-bond acceptors (Lipinski definition) is 4. The van der Waals surface area contributed by atoms with Crippen LogP contribution in [-0.4, -0.2) is 33.9 Å². The second kappa shape index (κ2) is 6.57. The Balaban J connectivity index is 1.65. The van der Waals surface area contributed by atoms with Gasteiger partial charge < -0.3 is 9.47 Å². The first kappa shape index (κ1) is 16.2. The van der Waals surface area contributed by atoms with Crippen LogP contribution in [0.2, 0.25) is 0 Å². The van der Waals surface area contributed by atoms with Crippen LogP contribution in [0.3, 0.4) is 0 Å². The third kappa shape index (κ3) is 2.94. The normalized spacial score (nSPS) is 18.2. The van der Waals surface area contributed by atoms with Gasteiger partial charge in [-0.1, -0.05) is 29.5 Å².